The van der Waals surface area contributed by atoms with Crippen molar-refractivity contribution in [2.24, 2.45) is 0 Å². The molecule has 6 nitrogen and oxygen atoms in total. The highest BCUT2D eigenvalue weighted by molar-refractivity contribution is 6.30. The summed E-state index contributed by atoms with van der Waals surface area (Å²) in [6.07, 6.45) is 0.663. The summed E-state index contributed by atoms with van der Waals surface area (Å²) in [5, 5.41) is 12.0. The van der Waals surface area contributed by atoms with Crippen molar-refractivity contribution in [3.05, 3.63) is 29.3 Å². The molecule has 2 amide bonds. The standard InChI is InChI=1S/C14H19ClN2O4/c1-2-21-8-4-7-16-14(20)17(10-13(18)19)12-6-3-5-11(15)9-12/h3,5-6,9H,2,4,7-8,10H2,1H3,(H,16,20)(H,18,19). The molecule has 2 N–H and O–H groups in total. The number of nitrogens with one attached hydrogen (secondary N) is 1. The second-order valence-electron chi connectivity index (χ2n) is 4.24. The van der Waals surface area contributed by atoms with Crippen LogP contribution in [-0.4, -0.2) is 43.4 Å². The number of carbonyl (C=O) groups is 2. The first kappa shape index (κ1) is 17.3. The number of urea groups is 1. The summed E-state index contributed by atoms with van der Waals surface area (Å²) < 4.78 is 5.16. The minimum absolute atomic E-state index is 0.412. The molecule has 0 aliphatic heterocycles. The maximum absolute atomic E-state index is 12.1. The van der Waals surface area contributed by atoms with Gasteiger partial charge in [0.15, 0.2) is 0 Å². The Labute approximate surface area is 128 Å². The highest BCUT2D eigenvalue weighted by Gasteiger charge is 2.18. The number of carboxylic acid groups (broad SMARTS) is 1. The zero-order chi connectivity index (χ0) is 15.7. The van der Waals surface area contributed by atoms with Gasteiger partial charge in [-0.05, 0) is 31.5 Å². The molecule has 1 aromatic rings. The predicted molar refractivity (Wildman–Crippen MR) is 80.9 cm³/mol. The largest absolute Gasteiger partial charge is 0.480 e. The Hall–Kier alpha value is -1.79. The molecule has 0 saturated carbocycles. The van der Waals surface area contributed by atoms with Gasteiger partial charge < -0.3 is 15.2 Å². The lowest BCUT2D eigenvalue weighted by atomic mass is 10.3. The molecule has 21 heavy (non-hydrogen) atoms. The van der Waals surface area contributed by atoms with Crippen molar-refractivity contribution in [3.63, 3.8) is 0 Å². The number of carbonyl (C=O) groups excluding carboxylic acids is 1. The smallest absolute Gasteiger partial charge is 0.323 e. The highest BCUT2D eigenvalue weighted by Crippen LogP contribution is 2.19. The van der Waals surface area contributed by atoms with Gasteiger partial charge in [-0.15, -0.1) is 0 Å². The van der Waals surface area contributed by atoms with Crippen molar-refractivity contribution >= 4 is 29.3 Å². The van der Waals surface area contributed by atoms with E-state index in [0.717, 1.165) is 4.90 Å². The summed E-state index contributed by atoms with van der Waals surface area (Å²) in [6.45, 7) is 3.05. The number of aliphatic carboxylic acids is 1. The molecule has 0 saturated heterocycles. The van der Waals surface area contributed by atoms with Crippen LogP contribution in [0.3, 0.4) is 0 Å². The van der Waals surface area contributed by atoms with Gasteiger partial charge in [-0.3, -0.25) is 9.69 Å². The Morgan fingerprint density at radius 1 is 1.43 bits per heavy atom. The van der Waals surface area contributed by atoms with Crippen molar-refractivity contribution in [2.75, 3.05) is 31.2 Å². The topological polar surface area (TPSA) is 78.9 Å². The lowest BCUT2D eigenvalue weighted by Gasteiger charge is -2.21. The van der Waals surface area contributed by atoms with Crippen LogP contribution in [0.1, 0.15) is 13.3 Å². The normalized spacial score (nSPS) is 10.2. The average molecular weight is 315 g/mol. The number of amides is 2. The van der Waals surface area contributed by atoms with Crippen molar-refractivity contribution in [1.29, 1.82) is 0 Å². The van der Waals surface area contributed by atoms with Gasteiger partial charge in [0.25, 0.3) is 0 Å². The molecule has 0 unspecified atom stereocenters. The second kappa shape index (κ2) is 9.20. The zero-order valence-electron chi connectivity index (χ0n) is 11.8. The first-order chi connectivity index (χ1) is 10.0. The molecule has 0 heterocycles. The van der Waals surface area contributed by atoms with E-state index in [0.29, 0.717) is 36.9 Å². The van der Waals surface area contributed by atoms with Crippen LogP contribution in [0.25, 0.3) is 0 Å². The number of hydrogen-bond acceptors (Lipinski definition) is 3. The van der Waals surface area contributed by atoms with Crippen LogP contribution in [0, 0.1) is 0 Å². The molecular formula is C14H19ClN2O4. The molecule has 0 aliphatic carbocycles. The fraction of sp³-hybridized carbons (Fsp3) is 0.429. The maximum atomic E-state index is 12.1. The molecule has 1 rings (SSSR count). The number of hydrogen-bond donors (Lipinski definition) is 2. The quantitative estimate of drug-likeness (QED) is 0.722. The summed E-state index contributed by atoms with van der Waals surface area (Å²) in [5.41, 5.74) is 0.437. The van der Waals surface area contributed by atoms with Gasteiger partial charge >= 0.3 is 12.0 Å². The number of carboxylic acids is 1. The van der Waals surface area contributed by atoms with Crippen LogP contribution in [-0.2, 0) is 9.53 Å². The Kier molecular flexibility index (Phi) is 7.56. The number of benzene rings is 1. The van der Waals surface area contributed by atoms with Crippen molar-refractivity contribution < 1.29 is 19.4 Å². The average Bonchev–Trinajstić information content (AvgIpc) is 2.44. The van der Waals surface area contributed by atoms with Crippen LogP contribution in [0.4, 0.5) is 10.5 Å². The van der Waals surface area contributed by atoms with E-state index in [9.17, 15) is 9.59 Å². The van der Waals surface area contributed by atoms with E-state index in [1.165, 1.54) is 0 Å². The molecule has 0 radical (unpaired) electrons. The van der Waals surface area contributed by atoms with Crippen molar-refractivity contribution in [1.82, 2.24) is 5.32 Å². The van der Waals surface area contributed by atoms with Crippen molar-refractivity contribution in [3.8, 4) is 0 Å². The van der Waals surface area contributed by atoms with E-state index in [1.807, 2.05) is 6.92 Å². The summed E-state index contributed by atoms with van der Waals surface area (Å²) in [5.74, 6) is -1.10. The Balaban J connectivity index is 2.64. The molecular weight excluding hydrogens is 296 g/mol. The van der Waals surface area contributed by atoms with Gasteiger partial charge in [-0.1, -0.05) is 17.7 Å². The van der Waals surface area contributed by atoms with Crippen LogP contribution in [0.2, 0.25) is 5.02 Å². The molecule has 0 fully saturated rings. The van der Waals surface area contributed by atoms with Crippen LogP contribution < -0.4 is 10.2 Å². The fourth-order valence-corrected chi connectivity index (χ4v) is 1.85. The number of rotatable bonds is 8. The molecule has 0 spiro atoms. The van der Waals surface area contributed by atoms with Gasteiger partial charge in [0.1, 0.15) is 6.54 Å². The van der Waals surface area contributed by atoms with Crippen LogP contribution in [0.5, 0.6) is 0 Å². The van der Waals surface area contributed by atoms with Gasteiger partial charge in [0, 0.05) is 30.5 Å². The van der Waals surface area contributed by atoms with Gasteiger partial charge in [0.05, 0.1) is 0 Å². The summed E-state index contributed by atoms with van der Waals surface area (Å²) >= 11 is 5.87. The van der Waals surface area contributed by atoms with E-state index in [1.54, 1.807) is 24.3 Å². The van der Waals surface area contributed by atoms with E-state index < -0.39 is 18.5 Å². The first-order valence-corrected chi connectivity index (χ1v) is 7.03. The lowest BCUT2D eigenvalue weighted by molar-refractivity contribution is -0.135. The van der Waals surface area contributed by atoms with Gasteiger partial charge in [0.2, 0.25) is 0 Å². The Morgan fingerprint density at radius 2 is 2.19 bits per heavy atom. The number of ether oxygens (including phenoxy) is 1. The van der Waals surface area contributed by atoms with E-state index in [4.69, 9.17) is 21.4 Å². The molecule has 0 aromatic heterocycles. The summed E-state index contributed by atoms with van der Waals surface area (Å²) in [6, 6.07) is 6.02. The molecule has 0 atom stereocenters. The third-order valence-electron chi connectivity index (χ3n) is 2.60. The highest BCUT2D eigenvalue weighted by atomic mass is 35.5. The minimum Gasteiger partial charge on any atom is -0.480 e. The summed E-state index contributed by atoms with van der Waals surface area (Å²) in [7, 11) is 0. The predicted octanol–water partition coefficient (Wildman–Crippen LogP) is 2.37. The van der Waals surface area contributed by atoms with E-state index in [-0.39, 0.29) is 0 Å². The zero-order valence-corrected chi connectivity index (χ0v) is 12.6. The van der Waals surface area contributed by atoms with Crippen LogP contribution >= 0.6 is 11.6 Å². The molecule has 0 aliphatic rings. The molecule has 1 aromatic carbocycles. The minimum atomic E-state index is -1.10. The number of nitrogens with zero attached hydrogens (tertiary/aromatic N) is 1. The monoisotopic (exact) mass is 314 g/mol. The fourth-order valence-electron chi connectivity index (χ4n) is 1.67. The third kappa shape index (κ3) is 6.46. The first-order valence-electron chi connectivity index (χ1n) is 6.65. The maximum Gasteiger partial charge on any atom is 0.323 e. The number of anilines is 1. The van der Waals surface area contributed by atoms with Gasteiger partial charge in [-0.2, -0.15) is 0 Å². The lowest BCUT2D eigenvalue weighted by Crippen LogP contribution is -2.43. The molecule has 7 heteroatoms. The van der Waals surface area contributed by atoms with Crippen molar-refractivity contribution in [2.45, 2.75) is 13.3 Å². The number of halogens is 1. The van der Waals surface area contributed by atoms with Gasteiger partial charge in [-0.25, -0.2) is 4.79 Å². The van der Waals surface area contributed by atoms with E-state index in [2.05, 4.69) is 5.32 Å². The SMILES string of the molecule is CCOCCCNC(=O)N(CC(=O)O)c1cccc(Cl)c1. The van der Waals surface area contributed by atoms with E-state index >= 15 is 0 Å². The van der Waals surface area contributed by atoms with Crippen LogP contribution in [0.15, 0.2) is 24.3 Å². The second-order valence-corrected chi connectivity index (χ2v) is 4.68. The Bertz CT molecular complexity index is 482. The summed E-state index contributed by atoms with van der Waals surface area (Å²) in [4.78, 5) is 24.1. The Morgan fingerprint density at radius 3 is 2.81 bits per heavy atom. The molecule has 116 valence electrons. The molecule has 0 bridgehead atoms. The third-order valence-corrected chi connectivity index (χ3v) is 2.84.